The number of esters is 1. The molecule has 0 aromatic carbocycles. The van der Waals surface area contributed by atoms with Crippen molar-refractivity contribution in [3.63, 3.8) is 0 Å². The number of hydrogen-bond donors (Lipinski definition) is 0. The molecule has 3 rings (SSSR count). The van der Waals surface area contributed by atoms with E-state index in [0.29, 0.717) is 28.0 Å². The van der Waals surface area contributed by atoms with Crippen LogP contribution in [0.2, 0.25) is 0 Å². The van der Waals surface area contributed by atoms with E-state index < -0.39 is 17.5 Å². The fourth-order valence-electron chi connectivity index (χ4n) is 2.62. The van der Waals surface area contributed by atoms with Crippen molar-refractivity contribution in [1.82, 2.24) is 0 Å². The van der Waals surface area contributed by atoms with Crippen LogP contribution in [0.1, 0.15) is 56.2 Å². The number of carbonyl (C=O) groups excluding carboxylic acids is 3. The summed E-state index contributed by atoms with van der Waals surface area (Å²) >= 11 is 2.69. The highest BCUT2D eigenvalue weighted by atomic mass is 32.1. The van der Waals surface area contributed by atoms with Crippen LogP contribution in [0.5, 0.6) is 0 Å². The summed E-state index contributed by atoms with van der Waals surface area (Å²) in [7, 11) is 0. The van der Waals surface area contributed by atoms with Crippen LogP contribution in [-0.2, 0) is 11.2 Å². The van der Waals surface area contributed by atoms with Crippen LogP contribution in [0.3, 0.4) is 0 Å². The SMILES string of the molecule is CCCc1c(C(=O)OCC)sc2c1C(=O)C(=O)c1ccsc1-2. The van der Waals surface area contributed by atoms with E-state index in [1.54, 1.807) is 18.4 Å². The zero-order valence-electron chi connectivity index (χ0n) is 12.2. The largest absolute Gasteiger partial charge is 0.462 e. The van der Waals surface area contributed by atoms with Crippen LogP contribution < -0.4 is 0 Å². The summed E-state index contributed by atoms with van der Waals surface area (Å²) in [6, 6.07) is 1.67. The van der Waals surface area contributed by atoms with Gasteiger partial charge in [0.25, 0.3) is 0 Å². The molecule has 0 amide bonds. The number of Topliss-reactive ketones (excluding diaryl/α,β-unsaturated/α-hetero) is 2. The third kappa shape index (κ3) is 2.14. The van der Waals surface area contributed by atoms with Gasteiger partial charge in [0.05, 0.1) is 16.4 Å². The highest BCUT2D eigenvalue weighted by molar-refractivity contribution is 7.23. The maximum Gasteiger partial charge on any atom is 0.348 e. The minimum Gasteiger partial charge on any atom is -0.462 e. The van der Waals surface area contributed by atoms with Crippen LogP contribution in [-0.4, -0.2) is 24.1 Å². The van der Waals surface area contributed by atoms with Gasteiger partial charge in [0, 0.05) is 11.1 Å². The van der Waals surface area contributed by atoms with Crippen LogP contribution >= 0.6 is 22.7 Å². The molecule has 6 heteroatoms. The Morgan fingerprint density at radius 3 is 2.64 bits per heavy atom. The average molecular weight is 334 g/mol. The Labute approximate surface area is 135 Å². The summed E-state index contributed by atoms with van der Waals surface area (Å²) in [6.45, 7) is 4.01. The first-order valence-electron chi connectivity index (χ1n) is 7.09. The molecule has 22 heavy (non-hydrogen) atoms. The molecule has 0 unspecified atom stereocenters. The maximum atomic E-state index is 12.5. The first-order chi connectivity index (χ1) is 10.6. The number of carbonyl (C=O) groups is 3. The van der Waals surface area contributed by atoms with Crippen molar-refractivity contribution in [2.24, 2.45) is 0 Å². The third-order valence-corrected chi connectivity index (χ3v) is 5.81. The number of hydrogen-bond acceptors (Lipinski definition) is 6. The number of ether oxygens (including phenoxy) is 1. The molecule has 114 valence electrons. The predicted molar refractivity (Wildman–Crippen MR) is 86.2 cm³/mol. The van der Waals surface area contributed by atoms with Crippen LogP contribution in [0.25, 0.3) is 9.75 Å². The maximum absolute atomic E-state index is 12.5. The number of ketones is 2. The molecule has 2 aromatic heterocycles. The monoisotopic (exact) mass is 334 g/mol. The Bertz CT molecular complexity index is 782. The average Bonchev–Trinajstić information content (AvgIpc) is 3.10. The van der Waals surface area contributed by atoms with Gasteiger partial charge >= 0.3 is 5.97 Å². The summed E-state index contributed by atoms with van der Waals surface area (Å²) in [5.74, 6) is -1.39. The molecular weight excluding hydrogens is 320 g/mol. The van der Waals surface area contributed by atoms with Crippen LogP contribution in [0, 0.1) is 0 Å². The van der Waals surface area contributed by atoms with Crippen molar-refractivity contribution in [3.8, 4) is 9.75 Å². The molecule has 1 aliphatic rings. The van der Waals surface area contributed by atoms with Crippen molar-refractivity contribution in [3.05, 3.63) is 33.0 Å². The van der Waals surface area contributed by atoms with Crippen molar-refractivity contribution >= 4 is 40.2 Å². The number of rotatable bonds is 4. The molecule has 0 aliphatic heterocycles. The van der Waals surface area contributed by atoms with Crippen LogP contribution in [0.4, 0.5) is 0 Å². The molecule has 0 atom stereocenters. The molecule has 0 N–H and O–H groups in total. The Morgan fingerprint density at radius 2 is 1.95 bits per heavy atom. The Hall–Kier alpha value is -1.79. The second kappa shape index (κ2) is 5.78. The third-order valence-electron chi connectivity index (χ3n) is 3.52. The fraction of sp³-hybridized carbons (Fsp3) is 0.312. The van der Waals surface area contributed by atoms with Gasteiger partial charge in [-0.2, -0.15) is 0 Å². The zero-order chi connectivity index (χ0) is 15.9. The van der Waals surface area contributed by atoms with E-state index in [1.165, 1.54) is 22.7 Å². The molecule has 0 spiro atoms. The summed E-state index contributed by atoms with van der Waals surface area (Å²) in [5, 5.41) is 1.80. The van der Waals surface area contributed by atoms with Gasteiger partial charge in [-0.3, -0.25) is 9.59 Å². The van der Waals surface area contributed by atoms with Gasteiger partial charge in [-0.25, -0.2) is 4.79 Å². The Morgan fingerprint density at radius 1 is 1.18 bits per heavy atom. The summed E-state index contributed by atoms with van der Waals surface area (Å²) in [6.07, 6.45) is 1.37. The molecule has 0 saturated heterocycles. The number of fused-ring (bicyclic) bond motifs is 3. The van der Waals surface area contributed by atoms with Crippen molar-refractivity contribution in [2.75, 3.05) is 6.61 Å². The fourth-order valence-corrected chi connectivity index (χ4v) is 4.92. The van der Waals surface area contributed by atoms with Crippen LogP contribution in [0.15, 0.2) is 11.4 Å². The molecule has 4 nitrogen and oxygen atoms in total. The van der Waals surface area contributed by atoms with Gasteiger partial charge in [0.2, 0.25) is 11.6 Å². The van der Waals surface area contributed by atoms with E-state index in [0.717, 1.165) is 16.2 Å². The molecule has 2 heterocycles. The van der Waals surface area contributed by atoms with Crippen molar-refractivity contribution < 1.29 is 19.1 Å². The number of thiophene rings is 2. The van der Waals surface area contributed by atoms with E-state index in [-0.39, 0.29) is 6.61 Å². The molecule has 0 saturated carbocycles. The van der Waals surface area contributed by atoms with E-state index >= 15 is 0 Å². The lowest BCUT2D eigenvalue weighted by Gasteiger charge is -2.11. The molecule has 0 radical (unpaired) electrons. The summed E-state index contributed by atoms with van der Waals surface area (Å²) in [4.78, 5) is 38.9. The second-order valence-electron chi connectivity index (χ2n) is 4.91. The Balaban J connectivity index is 2.25. The lowest BCUT2D eigenvalue weighted by Crippen LogP contribution is -2.20. The molecule has 0 fully saturated rings. The van der Waals surface area contributed by atoms with E-state index in [4.69, 9.17) is 4.74 Å². The van der Waals surface area contributed by atoms with Crippen molar-refractivity contribution in [1.29, 1.82) is 0 Å². The summed E-state index contributed by atoms with van der Waals surface area (Å²) < 4.78 is 5.10. The smallest absolute Gasteiger partial charge is 0.348 e. The molecule has 0 bridgehead atoms. The first-order valence-corrected chi connectivity index (χ1v) is 8.79. The minimum absolute atomic E-state index is 0.282. The van der Waals surface area contributed by atoms with Gasteiger partial charge in [-0.1, -0.05) is 13.3 Å². The lowest BCUT2D eigenvalue weighted by atomic mass is 9.90. The normalized spacial score (nSPS) is 13.0. The standard InChI is InChI=1S/C16H14O4S2/c1-3-5-8-10-12(18)11(17)9-6-7-21-13(9)15(10)22-14(8)16(19)20-4-2/h6-7H,3-5H2,1-2H3. The minimum atomic E-state index is -0.504. The van der Waals surface area contributed by atoms with Gasteiger partial charge in [0.15, 0.2) is 0 Å². The van der Waals surface area contributed by atoms with Gasteiger partial charge in [-0.05, 0) is 30.4 Å². The second-order valence-corrected chi connectivity index (χ2v) is 6.84. The van der Waals surface area contributed by atoms with E-state index in [9.17, 15) is 14.4 Å². The topological polar surface area (TPSA) is 60.4 Å². The highest BCUT2D eigenvalue weighted by Crippen LogP contribution is 2.45. The van der Waals surface area contributed by atoms with E-state index in [2.05, 4.69) is 0 Å². The molecular formula is C16H14O4S2. The Kier molecular flexibility index (Phi) is 3.97. The molecule has 2 aromatic rings. The summed E-state index contributed by atoms with van der Waals surface area (Å²) in [5.41, 5.74) is 1.52. The predicted octanol–water partition coefficient (Wildman–Crippen LogP) is 3.98. The highest BCUT2D eigenvalue weighted by Gasteiger charge is 2.37. The van der Waals surface area contributed by atoms with Gasteiger partial charge in [0.1, 0.15) is 4.88 Å². The molecule has 1 aliphatic carbocycles. The van der Waals surface area contributed by atoms with E-state index in [1.807, 2.05) is 6.92 Å². The van der Waals surface area contributed by atoms with Crippen molar-refractivity contribution in [2.45, 2.75) is 26.7 Å². The quantitative estimate of drug-likeness (QED) is 0.627. The zero-order valence-corrected chi connectivity index (χ0v) is 13.9. The first kappa shape index (κ1) is 15.1. The van der Waals surface area contributed by atoms with Gasteiger partial charge in [-0.15, -0.1) is 22.7 Å². The van der Waals surface area contributed by atoms with Gasteiger partial charge < -0.3 is 4.74 Å². The lowest BCUT2D eigenvalue weighted by molar-refractivity contribution is 0.0530.